The molecule has 0 spiro atoms. The predicted molar refractivity (Wildman–Crippen MR) is 51.6 cm³/mol. The zero-order valence-corrected chi connectivity index (χ0v) is 8.08. The number of aryl methyl sites for hydroxylation is 1. The summed E-state index contributed by atoms with van der Waals surface area (Å²) in [5, 5.41) is 0. The number of hydrogen-bond acceptors (Lipinski definition) is 3. The van der Waals surface area contributed by atoms with Gasteiger partial charge in [0, 0.05) is 6.92 Å². The van der Waals surface area contributed by atoms with Gasteiger partial charge in [-0.25, -0.2) is 0 Å². The van der Waals surface area contributed by atoms with Crippen LogP contribution in [0.1, 0.15) is 18.9 Å². The minimum Gasteiger partial charge on any atom is -0.493 e. The number of rotatable bonds is 1. The molecule has 0 fully saturated rings. The van der Waals surface area contributed by atoms with Gasteiger partial charge in [0.1, 0.15) is 11.5 Å². The minimum absolute atomic E-state index is 0.290. The second-order valence-corrected chi connectivity index (χ2v) is 3.32. The SMILES string of the molecule is CC(=O)Oc1ccc2c(c1)CCCO2. The van der Waals surface area contributed by atoms with Crippen molar-refractivity contribution in [3.05, 3.63) is 23.8 Å². The highest BCUT2D eigenvalue weighted by Gasteiger charge is 2.11. The van der Waals surface area contributed by atoms with Crippen molar-refractivity contribution in [1.82, 2.24) is 0 Å². The van der Waals surface area contributed by atoms with Gasteiger partial charge in [0.15, 0.2) is 0 Å². The quantitative estimate of drug-likeness (QED) is 0.504. The Labute approximate surface area is 82.6 Å². The summed E-state index contributed by atoms with van der Waals surface area (Å²) < 4.78 is 10.4. The van der Waals surface area contributed by atoms with E-state index in [4.69, 9.17) is 9.47 Å². The first kappa shape index (κ1) is 9.06. The van der Waals surface area contributed by atoms with E-state index in [9.17, 15) is 4.79 Å². The topological polar surface area (TPSA) is 35.5 Å². The van der Waals surface area contributed by atoms with Crippen LogP contribution in [0.25, 0.3) is 0 Å². The number of benzene rings is 1. The summed E-state index contributed by atoms with van der Waals surface area (Å²) in [6, 6.07) is 5.48. The summed E-state index contributed by atoms with van der Waals surface area (Å²) in [4.78, 5) is 10.7. The van der Waals surface area contributed by atoms with Gasteiger partial charge >= 0.3 is 5.97 Å². The Balaban J connectivity index is 2.24. The van der Waals surface area contributed by atoms with Crippen molar-refractivity contribution < 1.29 is 14.3 Å². The first-order valence-electron chi connectivity index (χ1n) is 4.70. The Hall–Kier alpha value is -1.51. The maximum atomic E-state index is 10.7. The van der Waals surface area contributed by atoms with Crippen LogP contribution < -0.4 is 9.47 Å². The molecule has 0 bridgehead atoms. The van der Waals surface area contributed by atoms with E-state index in [2.05, 4.69) is 0 Å². The summed E-state index contributed by atoms with van der Waals surface area (Å²) in [5.41, 5.74) is 1.12. The third-order valence-corrected chi connectivity index (χ3v) is 2.14. The zero-order valence-electron chi connectivity index (χ0n) is 8.08. The molecule has 0 aromatic heterocycles. The zero-order chi connectivity index (χ0) is 9.97. The molecule has 3 heteroatoms. The van der Waals surface area contributed by atoms with Crippen molar-refractivity contribution in [3.63, 3.8) is 0 Å². The molecule has 0 saturated carbocycles. The maximum Gasteiger partial charge on any atom is 0.308 e. The Morgan fingerprint density at radius 3 is 3.14 bits per heavy atom. The van der Waals surface area contributed by atoms with Gasteiger partial charge in [-0.1, -0.05) is 0 Å². The summed E-state index contributed by atoms with van der Waals surface area (Å²) in [5.74, 6) is 1.22. The van der Waals surface area contributed by atoms with E-state index in [1.54, 1.807) is 6.07 Å². The molecule has 0 radical (unpaired) electrons. The highest BCUT2D eigenvalue weighted by Crippen LogP contribution is 2.28. The molecule has 1 heterocycles. The van der Waals surface area contributed by atoms with Crippen LogP contribution in [0.2, 0.25) is 0 Å². The standard InChI is InChI=1S/C11H12O3/c1-8(12)14-10-4-5-11-9(7-10)3-2-6-13-11/h4-5,7H,2-3,6H2,1H3. The van der Waals surface area contributed by atoms with Gasteiger partial charge in [-0.2, -0.15) is 0 Å². The summed E-state index contributed by atoms with van der Waals surface area (Å²) in [6.45, 7) is 2.18. The smallest absolute Gasteiger partial charge is 0.308 e. The van der Waals surface area contributed by atoms with Gasteiger partial charge in [0.25, 0.3) is 0 Å². The normalized spacial score (nSPS) is 14.1. The lowest BCUT2D eigenvalue weighted by Gasteiger charge is -2.17. The maximum absolute atomic E-state index is 10.7. The molecule has 0 saturated heterocycles. The second-order valence-electron chi connectivity index (χ2n) is 3.32. The molecule has 0 N–H and O–H groups in total. The van der Waals surface area contributed by atoms with Gasteiger partial charge in [0.2, 0.25) is 0 Å². The fourth-order valence-corrected chi connectivity index (χ4v) is 1.57. The second kappa shape index (κ2) is 3.70. The van der Waals surface area contributed by atoms with Crippen LogP contribution in [0.5, 0.6) is 11.5 Å². The van der Waals surface area contributed by atoms with Crippen LogP contribution in [0.3, 0.4) is 0 Å². The molecule has 1 aliphatic heterocycles. The molecule has 74 valence electrons. The number of hydrogen-bond donors (Lipinski definition) is 0. The van der Waals surface area contributed by atoms with Crippen molar-refractivity contribution in [2.45, 2.75) is 19.8 Å². The lowest BCUT2D eigenvalue weighted by molar-refractivity contribution is -0.131. The Kier molecular flexibility index (Phi) is 2.39. The van der Waals surface area contributed by atoms with E-state index in [0.717, 1.165) is 30.8 Å². The monoisotopic (exact) mass is 192 g/mol. The number of carbonyl (C=O) groups excluding carboxylic acids is 1. The highest BCUT2D eigenvalue weighted by atomic mass is 16.5. The lowest BCUT2D eigenvalue weighted by atomic mass is 10.1. The lowest BCUT2D eigenvalue weighted by Crippen LogP contribution is -2.09. The summed E-state index contributed by atoms with van der Waals surface area (Å²) in [7, 11) is 0. The largest absolute Gasteiger partial charge is 0.493 e. The number of esters is 1. The molecule has 1 aromatic carbocycles. The van der Waals surface area contributed by atoms with E-state index in [0.29, 0.717) is 5.75 Å². The van der Waals surface area contributed by atoms with Crippen LogP contribution in [0, 0.1) is 0 Å². The molecule has 1 aromatic rings. The first-order valence-corrected chi connectivity index (χ1v) is 4.70. The average Bonchev–Trinajstić information content (AvgIpc) is 2.17. The predicted octanol–water partition coefficient (Wildman–Crippen LogP) is 1.94. The van der Waals surface area contributed by atoms with Gasteiger partial charge < -0.3 is 9.47 Å². The Morgan fingerprint density at radius 1 is 1.50 bits per heavy atom. The average molecular weight is 192 g/mol. The van der Waals surface area contributed by atoms with Crippen LogP contribution in [0.4, 0.5) is 0 Å². The van der Waals surface area contributed by atoms with Gasteiger partial charge in [-0.05, 0) is 36.6 Å². The van der Waals surface area contributed by atoms with E-state index >= 15 is 0 Å². The van der Waals surface area contributed by atoms with Crippen LogP contribution in [-0.2, 0) is 11.2 Å². The van der Waals surface area contributed by atoms with Crippen LogP contribution in [-0.4, -0.2) is 12.6 Å². The fourth-order valence-electron chi connectivity index (χ4n) is 1.57. The van der Waals surface area contributed by atoms with Crippen LogP contribution in [0.15, 0.2) is 18.2 Å². The molecule has 0 unspecified atom stereocenters. The molecule has 0 atom stereocenters. The molecule has 0 amide bonds. The number of ether oxygens (including phenoxy) is 2. The highest BCUT2D eigenvalue weighted by molar-refractivity contribution is 5.69. The molecule has 1 aliphatic rings. The van der Waals surface area contributed by atoms with Crippen molar-refractivity contribution in [1.29, 1.82) is 0 Å². The van der Waals surface area contributed by atoms with E-state index < -0.39 is 0 Å². The third-order valence-electron chi connectivity index (χ3n) is 2.14. The van der Waals surface area contributed by atoms with Crippen molar-refractivity contribution >= 4 is 5.97 Å². The van der Waals surface area contributed by atoms with Crippen molar-refractivity contribution in [2.24, 2.45) is 0 Å². The minimum atomic E-state index is -0.290. The van der Waals surface area contributed by atoms with Crippen molar-refractivity contribution in [3.8, 4) is 11.5 Å². The molecule has 2 rings (SSSR count). The number of fused-ring (bicyclic) bond motifs is 1. The van der Waals surface area contributed by atoms with Gasteiger partial charge in [-0.15, -0.1) is 0 Å². The summed E-state index contributed by atoms with van der Waals surface area (Å²) >= 11 is 0. The Bertz CT molecular complexity index is 358. The van der Waals surface area contributed by atoms with E-state index in [1.165, 1.54) is 6.92 Å². The molecule has 3 nitrogen and oxygen atoms in total. The third kappa shape index (κ3) is 1.87. The summed E-state index contributed by atoms with van der Waals surface area (Å²) in [6.07, 6.45) is 2.01. The van der Waals surface area contributed by atoms with E-state index in [1.807, 2.05) is 12.1 Å². The van der Waals surface area contributed by atoms with Gasteiger partial charge in [-0.3, -0.25) is 4.79 Å². The molecule has 14 heavy (non-hydrogen) atoms. The van der Waals surface area contributed by atoms with Gasteiger partial charge in [0.05, 0.1) is 6.61 Å². The fraction of sp³-hybridized carbons (Fsp3) is 0.364. The van der Waals surface area contributed by atoms with E-state index in [-0.39, 0.29) is 5.97 Å². The first-order chi connectivity index (χ1) is 6.75. The molecule has 0 aliphatic carbocycles. The number of carbonyl (C=O) groups is 1. The van der Waals surface area contributed by atoms with Crippen LogP contribution >= 0.6 is 0 Å². The molecular formula is C11H12O3. The molecular weight excluding hydrogens is 180 g/mol. The Morgan fingerprint density at radius 2 is 2.36 bits per heavy atom. The van der Waals surface area contributed by atoms with Crippen molar-refractivity contribution in [2.75, 3.05) is 6.61 Å².